The Morgan fingerprint density at radius 3 is 2.96 bits per heavy atom. The summed E-state index contributed by atoms with van der Waals surface area (Å²) in [6.45, 7) is 1.35. The van der Waals surface area contributed by atoms with Crippen LogP contribution in [0.5, 0.6) is 0 Å². The summed E-state index contributed by atoms with van der Waals surface area (Å²) in [5, 5.41) is 10.8. The second kappa shape index (κ2) is 8.75. The molecule has 2 aliphatic heterocycles. The minimum absolute atomic E-state index is 0.208. The normalized spacial score (nSPS) is 21.5. The number of nitrogens with zero attached hydrogens (tertiary/aromatic N) is 2. The van der Waals surface area contributed by atoms with E-state index < -0.39 is 11.9 Å². The van der Waals surface area contributed by atoms with Crippen LogP contribution in [-0.2, 0) is 23.8 Å². The van der Waals surface area contributed by atoms with Gasteiger partial charge in [-0.1, -0.05) is 18.2 Å². The van der Waals surface area contributed by atoms with Crippen molar-refractivity contribution in [3.63, 3.8) is 0 Å². The summed E-state index contributed by atoms with van der Waals surface area (Å²) in [5.41, 5.74) is 1.73. The number of benzene rings is 1. The van der Waals surface area contributed by atoms with Crippen molar-refractivity contribution in [2.24, 2.45) is 10.2 Å². The monoisotopic (exact) mass is 375 g/mol. The summed E-state index contributed by atoms with van der Waals surface area (Å²) in [7, 11) is 1.24. The van der Waals surface area contributed by atoms with E-state index >= 15 is 0 Å². The van der Waals surface area contributed by atoms with Crippen LogP contribution in [0.2, 0.25) is 0 Å². The standard InChI is InChI=1S/C17H17N3O5S/c1-23-14(21)9-13-15(22)19-17(26-13)20-18-10-11-4-2-5-12(8-11)16-24-6-3-7-25-16/h2,4-5,8-10,16H,3,6-7H2,1H3,(H,19,20,22)/b13-9+,18-10?. The van der Waals surface area contributed by atoms with Gasteiger partial charge in [-0.15, -0.1) is 5.10 Å². The minimum Gasteiger partial charge on any atom is -0.466 e. The number of rotatable bonds is 4. The smallest absolute Gasteiger partial charge is 0.331 e. The second-order valence-electron chi connectivity index (χ2n) is 5.33. The van der Waals surface area contributed by atoms with Gasteiger partial charge in [0.15, 0.2) is 11.5 Å². The van der Waals surface area contributed by atoms with Gasteiger partial charge in [0.25, 0.3) is 5.91 Å². The first-order chi connectivity index (χ1) is 12.7. The van der Waals surface area contributed by atoms with E-state index in [0.717, 1.165) is 35.4 Å². The van der Waals surface area contributed by atoms with E-state index in [1.807, 2.05) is 24.3 Å². The maximum absolute atomic E-state index is 11.7. The number of esters is 1. The maximum Gasteiger partial charge on any atom is 0.331 e. The number of methoxy groups -OCH3 is 1. The number of thioether (sulfide) groups is 1. The topological polar surface area (TPSA) is 98.6 Å². The zero-order valence-electron chi connectivity index (χ0n) is 14.0. The van der Waals surface area contributed by atoms with E-state index in [9.17, 15) is 9.59 Å². The highest BCUT2D eigenvalue weighted by atomic mass is 32.2. The molecule has 0 spiro atoms. The van der Waals surface area contributed by atoms with Crippen LogP contribution in [0.25, 0.3) is 0 Å². The van der Waals surface area contributed by atoms with Crippen LogP contribution in [0.4, 0.5) is 0 Å². The molecule has 2 fully saturated rings. The summed E-state index contributed by atoms with van der Waals surface area (Å²) >= 11 is 1.02. The molecule has 3 rings (SSSR count). The molecule has 0 atom stereocenters. The molecule has 1 amide bonds. The predicted octanol–water partition coefficient (Wildman–Crippen LogP) is 1.73. The van der Waals surface area contributed by atoms with Gasteiger partial charge in [0.2, 0.25) is 0 Å². The summed E-state index contributed by atoms with van der Waals surface area (Å²) in [5.74, 6) is -1.01. The van der Waals surface area contributed by atoms with Gasteiger partial charge < -0.3 is 14.2 Å². The molecule has 2 saturated heterocycles. The van der Waals surface area contributed by atoms with Gasteiger partial charge in [-0.05, 0) is 29.8 Å². The molecule has 1 N–H and O–H groups in total. The van der Waals surface area contributed by atoms with Crippen LogP contribution < -0.4 is 5.32 Å². The van der Waals surface area contributed by atoms with Crippen molar-refractivity contribution in [3.8, 4) is 0 Å². The van der Waals surface area contributed by atoms with E-state index in [2.05, 4.69) is 20.3 Å². The van der Waals surface area contributed by atoms with Crippen molar-refractivity contribution in [2.75, 3.05) is 20.3 Å². The Labute approximate surface area is 154 Å². The summed E-state index contributed by atoms with van der Waals surface area (Å²) < 4.78 is 15.7. The maximum atomic E-state index is 11.7. The van der Waals surface area contributed by atoms with Crippen LogP contribution in [-0.4, -0.2) is 43.6 Å². The number of amidine groups is 1. The molecule has 0 aromatic heterocycles. The first-order valence-electron chi connectivity index (χ1n) is 7.89. The number of carbonyl (C=O) groups is 2. The zero-order valence-corrected chi connectivity index (χ0v) is 14.8. The molecule has 8 nitrogen and oxygen atoms in total. The van der Waals surface area contributed by atoms with Crippen molar-refractivity contribution in [2.45, 2.75) is 12.7 Å². The van der Waals surface area contributed by atoms with Crippen LogP contribution in [0, 0.1) is 0 Å². The molecule has 2 aliphatic rings. The fourth-order valence-corrected chi connectivity index (χ4v) is 2.99. The third-order valence-corrected chi connectivity index (χ3v) is 4.37. The van der Waals surface area contributed by atoms with Gasteiger partial charge in [0.1, 0.15) is 0 Å². The number of ether oxygens (including phenoxy) is 3. The van der Waals surface area contributed by atoms with Gasteiger partial charge in [-0.2, -0.15) is 5.10 Å². The molecule has 0 bridgehead atoms. The first-order valence-corrected chi connectivity index (χ1v) is 8.70. The number of hydrogen-bond acceptors (Lipinski definition) is 8. The van der Waals surface area contributed by atoms with Crippen molar-refractivity contribution in [1.82, 2.24) is 5.32 Å². The molecule has 9 heteroatoms. The zero-order chi connectivity index (χ0) is 18.4. The summed E-state index contributed by atoms with van der Waals surface area (Å²) in [6.07, 6.45) is 3.21. The lowest BCUT2D eigenvalue weighted by molar-refractivity contribution is -0.183. The Kier molecular flexibility index (Phi) is 6.16. The molecule has 0 radical (unpaired) electrons. The van der Waals surface area contributed by atoms with Crippen LogP contribution >= 0.6 is 11.8 Å². The van der Waals surface area contributed by atoms with Crippen molar-refractivity contribution >= 4 is 35.0 Å². The highest BCUT2D eigenvalue weighted by Crippen LogP contribution is 2.24. The van der Waals surface area contributed by atoms with E-state index in [-0.39, 0.29) is 16.4 Å². The van der Waals surface area contributed by atoms with E-state index in [4.69, 9.17) is 9.47 Å². The Morgan fingerprint density at radius 1 is 1.38 bits per heavy atom. The molecule has 1 aromatic carbocycles. The molecule has 2 heterocycles. The molecular weight excluding hydrogens is 358 g/mol. The Bertz CT molecular complexity index is 784. The molecule has 0 saturated carbocycles. The average molecular weight is 375 g/mol. The highest BCUT2D eigenvalue weighted by Gasteiger charge is 2.25. The highest BCUT2D eigenvalue weighted by molar-refractivity contribution is 8.18. The predicted molar refractivity (Wildman–Crippen MR) is 96.6 cm³/mol. The van der Waals surface area contributed by atoms with Crippen LogP contribution in [0.3, 0.4) is 0 Å². The SMILES string of the molecule is COC(=O)/C=C1/S/C(=N\N=Cc2cccc(C3OCCCO3)c2)NC1=O. The van der Waals surface area contributed by atoms with Crippen molar-refractivity contribution < 1.29 is 23.8 Å². The third kappa shape index (κ3) is 4.78. The molecule has 1 aromatic rings. The quantitative estimate of drug-likeness (QED) is 0.372. The lowest BCUT2D eigenvalue weighted by Gasteiger charge is -2.23. The van der Waals surface area contributed by atoms with E-state index in [0.29, 0.717) is 13.2 Å². The van der Waals surface area contributed by atoms with E-state index in [1.54, 1.807) is 6.21 Å². The Hall–Kier alpha value is -2.49. The van der Waals surface area contributed by atoms with Gasteiger partial charge >= 0.3 is 5.97 Å². The van der Waals surface area contributed by atoms with Crippen LogP contribution in [0.15, 0.2) is 45.4 Å². The molecule has 0 unspecified atom stereocenters. The molecular formula is C17H17N3O5S. The second-order valence-corrected chi connectivity index (χ2v) is 6.37. The third-order valence-electron chi connectivity index (χ3n) is 3.47. The fraction of sp³-hybridized carbons (Fsp3) is 0.294. The fourth-order valence-electron chi connectivity index (χ4n) is 2.26. The molecule has 26 heavy (non-hydrogen) atoms. The molecule has 0 aliphatic carbocycles. The van der Waals surface area contributed by atoms with Crippen molar-refractivity contribution in [3.05, 3.63) is 46.4 Å². The first kappa shape index (κ1) is 18.3. The van der Waals surface area contributed by atoms with Gasteiger partial charge in [0.05, 0.1) is 31.4 Å². The van der Waals surface area contributed by atoms with Crippen LogP contribution in [0.1, 0.15) is 23.8 Å². The lowest BCUT2D eigenvalue weighted by Crippen LogP contribution is -2.19. The number of amides is 1. The summed E-state index contributed by atoms with van der Waals surface area (Å²) in [6, 6.07) is 7.59. The number of nitrogens with one attached hydrogen (secondary N) is 1. The summed E-state index contributed by atoms with van der Waals surface area (Å²) in [4.78, 5) is 23.1. The molecule has 136 valence electrons. The lowest BCUT2D eigenvalue weighted by atomic mass is 10.1. The number of hydrogen-bond donors (Lipinski definition) is 1. The van der Waals surface area contributed by atoms with Crippen molar-refractivity contribution in [1.29, 1.82) is 0 Å². The number of carbonyl (C=O) groups excluding carboxylic acids is 2. The average Bonchev–Trinajstić information content (AvgIpc) is 3.02. The van der Waals surface area contributed by atoms with Gasteiger partial charge in [0, 0.05) is 11.6 Å². The Morgan fingerprint density at radius 2 is 2.19 bits per heavy atom. The van der Waals surface area contributed by atoms with E-state index in [1.165, 1.54) is 7.11 Å². The largest absolute Gasteiger partial charge is 0.466 e. The van der Waals surface area contributed by atoms with Gasteiger partial charge in [-0.3, -0.25) is 10.1 Å². The minimum atomic E-state index is -0.601. The van der Waals surface area contributed by atoms with Gasteiger partial charge in [-0.25, -0.2) is 4.79 Å². The Balaban J connectivity index is 1.65.